The van der Waals surface area contributed by atoms with Crippen LogP contribution in [0.1, 0.15) is 0 Å². The van der Waals surface area contributed by atoms with Crippen molar-refractivity contribution in [2.75, 3.05) is 31.1 Å². The summed E-state index contributed by atoms with van der Waals surface area (Å²) in [5, 5.41) is 0. The van der Waals surface area contributed by atoms with Gasteiger partial charge in [0.05, 0.1) is 10.6 Å². The van der Waals surface area contributed by atoms with Gasteiger partial charge in [-0.15, -0.1) is 0 Å². The number of rotatable bonds is 3. The molecule has 1 heterocycles. The van der Waals surface area contributed by atoms with Crippen LogP contribution in [0.15, 0.2) is 53.4 Å². The number of nitrogens with one attached hydrogen (secondary N) is 1. The molecular weight excluding hydrogens is 364 g/mol. The Bertz CT molecular complexity index is 899. The van der Waals surface area contributed by atoms with E-state index in [1.54, 1.807) is 23.1 Å². The number of halogens is 2. The van der Waals surface area contributed by atoms with Crippen molar-refractivity contribution in [2.24, 2.45) is 0 Å². The molecule has 0 saturated carbocycles. The van der Waals surface area contributed by atoms with Crippen LogP contribution in [-0.2, 0) is 10.0 Å². The molecule has 3 rings (SSSR count). The molecule has 2 amide bonds. The van der Waals surface area contributed by atoms with Crippen molar-refractivity contribution < 1.29 is 22.0 Å². The highest BCUT2D eigenvalue weighted by Gasteiger charge is 2.26. The van der Waals surface area contributed by atoms with Gasteiger partial charge in [-0.3, -0.25) is 0 Å². The summed E-state index contributed by atoms with van der Waals surface area (Å²) in [6.07, 6.45) is 0. The number of benzene rings is 2. The third kappa shape index (κ3) is 3.93. The standard InChI is InChI=1S/C17H17F2N3O3S/c18-13-6-7-16(15(19)12-13)21-8-10-22(11-9-21)17(23)20-26(24,25)14-4-2-1-3-5-14/h1-7,12H,8-11H2,(H,20,23). The topological polar surface area (TPSA) is 69.7 Å². The SMILES string of the molecule is O=C(NS(=O)(=O)c1ccccc1)N1CCN(c2ccc(F)cc2F)CC1. The summed E-state index contributed by atoms with van der Waals surface area (Å²) in [4.78, 5) is 15.3. The minimum atomic E-state index is -3.94. The first-order valence-electron chi connectivity index (χ1n) is 7.93. The zero-order chi connectivity index (χ0) is 18.7. The number of sulfonamides is 1. The van der Waals surface area contributed by atoms with E-state index in [2.05, 4.69) is 0 Å². The Morgan fingerprint density at radius 1 is 0.962 bits per heavy atom. The highest BCUT2D eigenvalue weighted by molar-refractivity contribution is 7.90. The summed E-state index contributed by atoms with van der Waals surface area (Å²) >= 11 is 0. The van der Waals surface area contributed by atoms with Gasteiger partial charge in [-0.05, 0) is 24.3 Å². The zero-order valence-corrected chi connectivity index (χ0v) is 14.5. The molecular formula is C17H17F2N3O3S. The molecule has 1 aliphatic heterocycles. The fourth-order valence-corrected chi connectivity index (χ4v) is 3.72. The van der Waals surface area contributed by atoms with Crippen LogP contribution in [0.2, 0.25) is 0 Å². The van der Waals surface area contributed by atoms with Gasteiger partial charge in [-0.2, -0.15) is 0 Å². The lowest BCUT2D eigenvalue weighted by molar-refractivity contribution is 0.200. The Balaban J connectivity index is 1.62. The van der Waals surface area contributed by atoms with Crippen molar-refractivity contribution in [2.45, 2.75) is 4.90 Å². The van der Waals surface area contributed by atoms with Crippen LogP contribution in [0.3, 0.4) is 0 Å². The Morgan fingerprint density at radius 3 is 2.23 bits per heavy atom. The fourth-order valence-electron chi connectivity index (χ4n) is 2.73. The smallest absolute Gasteiger partial charge is 0.331 e. The van der Waals surface area contributed by atoms with Gasteiger partial charge in [0, 0.05) is 32.2 Å². The molecule has 0 spiro atoms. The summed E-state index contributed by atoms with van der Waals surface area (Å²) in [6, 6.07) is 10.2. The predicted molar refractivity (Wildman–Crippen MR) is 92.3 cm³/mol. The number of piperazine rings is 1. The molecule has 1 aliphatic rings. The molecule has 0 unspecified atom stereocenters. The molecule has 0 radical (unpaired) electrons. The van der Waals surface area contributed by atoms with Gasteiger partial charge in [0.1, 0.15) is 11.6 Å². The number of nitrogens with zero attached hydrogens (tertiary/aromatic N) is 2. The van der Waals surface area contributed by atoms with Crippen LogP contribution in [-0.4, -0.2) is 45.5 Å². The molecule has 0 atom stereocenters. The summed E-state index contributed by atoms with van der Waals surface area (Å²) in [5.41, 5.74) is 0.253. The average molecular weight is 381 g/mol. The van der Waals surface area contributed by atoms with Crippen molar-refractivity contribution in [1.82, 2.24) is 9.62 Å². The van der Waals surface area contributed by atoms with Crippen molar-refractivity contribution >= 4 is 21.7 Å². The molecule has 6 nitrogen and oxygen atoms in total. The summed E-state index contributed by atoms with van der Waals surface area (Å²) in [7, 11) is -3.94. The molecule has 0 aliphatic carbocycles. The van der Waals surface area contributed by atoms with Crippen LogP contribution in [0.5, 0.6) is 0 Å². The summed E-state index contributed by atoms with van der Waals surface area (Å²) < 4.78 is 53.3. The van der Waals surface area contributed by atoms with Gasteiger partial charge < -0.3 is 9.80 Å². The highest BCUT2D eigenvalue weighted by atomic mass is 32.2. The first-order valence-corrected chi connectivity index (χ1v) is 9.42. The predicted octanol–water partition coefficient (Wildman–Crippen LogP) is 2.19. The maximum Gasteiger partial charge on any atom is 0.331 e. The normalized spacial score (nSPS) is 15.0. The van der Waals surface area contributed by atoms with Crippen LogP contribution >= 0.6 is 0 Å². The van der Waals surface area contributed by atoms with Gasteiger partial charge in [-0.1, -0.05) is 18.2 Å². The lowest BCUT2D eigenvalue weighted by Crippen LogP contribution is -2.52. The van der Waals surface area contributed by atoms with E-state index in [0.717, 1.165) is 6.07 Å². The van der Waals surface area contributed by atoms with Gasteiger partial charge in [0.2, 0.25) is 0 Å². The number of hydrogen-bond acceptors (Lipinski definition) is 4. The molecule has 2 aromatic carbocycles. The fraction of sp³-hybridized carbons (Fsp3) is 0.235. The Hall–Kier alpha value is -2.68. The van der Waals surface area contributed by atoms with E-state index in [0.29, 0.717) is 13.1 Å². The third-order valence-electron chi connectivity index (χ3n) is 4.09. The average Bonchev–Trinajstić information content (AvgIpc) is 2.62. The molecule has 138 valence electrons. The van der Waals surface area contributed by atoms with E-state index in [9.17, 15) is 22.0 Å². The van der Waals surface area contributed by atoms with Crippen LogP contribution in [0.25, 0.3) is 0 Å². The second kappa shape index (κ2) is 7.28. The molecule has 1 N–H and O–H groups in total. The van der Waals surface area contributed by atoms with Crippen molar-refractivity contribution in [1.29, 1.82) is 0 Å². The summed E-state index contributed by atoms with van der Waals surface area (Å²) in [5.74, 6) is -1.33. The van der Waals surface area contributed by atoms with Crippen LogP contribution in [0.4, 0.5) is 19.3 Å². The number of anilines is 1. The minimum Gasteiger partial charge on any atom is -0.366 e. The number of carbonyl (C=O) groups is 1. The monoisotopic (exact) mass is 381 g/mol. The number of amides is 2. The summed E-state index contributed by atoms with van der Waals surface area (Å²) in [6.45, 7) is 1.04. The number of hydrogen-bond donors (Lipinski definition) is 1. The largest absolute Gasteiger partial charge is 0.366 e. The molecule has 0 bridgehead atoms. The molecule has 2 aromatic rings. The van der Waals surface area contributed by atoms with Gasteiger partial charge in [0.15, 0.2) is 0 Å². The maximum absolute atomic E-state index is 13.8. The van der Waals surface area contributed by atoms with Gasteiger partial charge >= 0.3 is 6.03 Å². The van der Waals surface area contributed by atoms with Crippen LogP contribution in [0, 0.1) is 11.6 Å². The number of urea groups is 1. The Labute approximate surface area is 150 Å². The lowest BCUT2D eigenvalue weighted by Gasteiger charge is -2.36. The van der Waals surface area contributed by atoms with Crippen molar-refractivity contribution in [3.8, 4) is 0 Å². The molecule has 26 heavy (non-hydrogen) atoms. The molecule has 9 heteroatoms. The van der Waals surface area contributed by atoms with Crippen molar-refractivity contribution in [3.63, 3.8) is 0 Å². The van der Waals surface area contributed by atoms with Crippen molar-refractivity contribution in [3.05, 3.63) is 60.2 Å². The van der Waals surface area contributed by atoms with Crippen LogP contribution < -0.4 is 9.62 Å². The minimum absolute atomic E-state index is 0.000342. The first kappa shape index (κ1) is 18.1. The molecule has 1 fully saturated rings. The highest BCUT2D eigenvalue weighted by Crippen LogP contribution is 2.21. The van der Waals surface area contributed by atoms with E-state index in [-0.39, 0.29) is 23.7 Å². The second-order valence-corrected chi connectivity index (χ2v) is 7.48. The maximum atomic E-state index is 13.8. The third-order valence-corrected chi connectivity index (χ3v) is 5.43. The molecule has 1 saturated heterocycles. The van der Waals surface area contributed by atoms with Gasteiger partial charge in [-0.25, -0.2) is 26.7 Å². The number of carbonyl (C=O) groups excluding carboxylic acids is 1. The molecule has 0 aromatic heterocycles. The van der Waals surface area contributed by atoms with E-state index < -0.39 is 27.7 Å². The van der Waals surface area contributed by atoms with E-state index in [4.69, 9.17) is 0 Å². The zero-order valence-electron chi connectivity index (χ0n) is 13.7. The van der Waals surface area contributed by atoms with E-state index in [1.807, 2.05) is 4.72 Å². The quantitative estimate of drug-likeness (QED) is 0.885. The van der Waals surface area contributed by atoms with E-state index in [1.165, 1.54) is 29.2 Å². The van der Waals surface area contributed by atoms with E-state index >= 15 is 0 Å². The Morgan fingerprint density at radius 2 is 1.62 bits per heavy atom. The second-order valence-electron chi connectivity index (χ2n) is 5.79. The Kier molecular flexibility index (Phi) is 5.08. The lowest BCUT2D eigenvalue weighted by atomic mass is 10.2. The first-order chi connectivity index (χ1) is 12.4. The van der Waals surface area contributed by atoms with Gasteiger partial charge in [0.25, 0.3) is 10.0 Å².